The van der Waals surface area contributed by atoms with Crippen LogP contribution in [0.4, 0.5) is 13.2 Å². The van der Waals surface area contributed by atoms with Crippen LogP contribution in [-0.4, -0.2) is 41.8 Å². The third-order valence-corrected chi connectivity index (χ3v) is 3.57. The van der Waals surface area contributed by atoms with E-state index < -0.39 is 12.1 Å². The summed E-state index contributed by atoms with van der Waals surface area (Å²) in [5, 5.41) is 8.88. The van der Waals surface area contributed by atoms with Crippen molar-refractivity contribution in [1.82, 2.24) is 4.90 Å². The van der Waals surface area contributed by atoms with E-state index in [0.29, 0.717) is 6.54 Å². The van der Waals surface area contributed by atoms with Crippen LogP contribution in [0.25, 0.3) is 0 Å². The first kappa shape index (κ1) is 16.0. The summed E-state index contributed by atoms with van der Waals surface area (Å²) in [7, 11) is 0. The van der Waals surface area contributed by atoms with Crippen molar-refractivity contribution in [2.24, 2.45) is 11.8 Å². The van der Waals surface area contributed by atoms with Crippen molar-refractivity contribution in [3.05, 3.63) is 12.7 Å². The SMILES string of the molecule is C=CCN(CCO)C(=O)C1CCC(C(F)(F)F)CC1. The Morgan fingerprint density at radius 1 is 1.32 bits per heavy atom. The van der Waals surface area contributed by atoms with Gasteiger partial charge in [0.1, 0.15) is 0 Å². The lowest BCUT2D eigenvalue weighted by molar-refractivity contribution is -0.185. The number of hydrogen-bond acceptors (Lipinski definition) is 2. The normalized spacial score (nSPS) is 24.0. The van der Waals surface area contributed by atoms with Crippen molar-refractivity contribution < 1.29 is 23.1 Å². The van der Waals surface area contributed by atoms with Crippen LogP contribution in [0.3, 0.4) is 0 Å². The summed E-state index contributed by atoms with van der Waals surface area (Å²) >= 11 is 0. The Kier molecular flexibility index (Phi) is 5.85. The molecule has 6 heteroatoms. The number of aliphatic hydroxyl groups is 1. The van der Waals surface area contributed by atoms with Gasteiger partial charge in [-0.2, -0.15) is 13.2 Å². The van der Waals surface area contributed by atoms with Gasteiger partial charge in [-0.15, -0.1) is 6.58 Å². The van der Waals surface area contributed by atoms with E-state index in [1.165, 1.54) is 4.90 Å². The van der Waals surface area contributed by atoms with E-state index >= 15 is 0 Å². The maximum atomic E-state index is 12.5. The molecule has 1 saturated carbocycles. The van der Waals surface area contributed by atoms with Crippen molar-refractivity contribution in [1.29, 1.82) is 0 Å². The highest BCUT2D eigenvalue weighted by Crippen LogP contribution is 2.39. The summed E-state index contributed by atoms with van der Waals surface area (Å²) < 4.78 is 37.6. The Hall–Kier alpha value is -1.04. The highest BCUT2D eigenvalue weighted by molar-refractivity contribution is 5.79. The van der Waals surface area contributed by atoms with E-state index in [9.17, 15) is 18.0 Å². The van der Waals surface area contributed by atoms with Gasteiger partial charge in [0.05, 0.1) is 12.5 Å². The minimum Gasteiger partial charge on any atom is -0.395 e. The molecule has 0 spiro atoms. The van der Waals surface area contributed by atoms with Crippen molar-refractivity contribution in [2.45, 2.75) is 31.9 Å². The van der Waals surface area contributed by atoms with Crippen molar-refractivity contribution in [2.75, 3.05) is 19.7 Å². The number of hydrogen-bond donors (Lipinski definition) is 1. The molecule has 1 rings (SSSR count). The number of carbonyl (C=O) groups excluding carboxylic acids is 1. The number of alkyl halides is 3. The number of halogens is 3. The standard InChI is InChI=1S/C13H20F3NO2/c1-2-7-17(8-9-18)12(19)10-3-5-11(6-4-10)13(14,15)16/h2,10-11,18H,1,3-9H2. The Labute approximate surface area is 111 Å². The fraction of sp³-hybridized carbons (Fsp3) is 0.769. The Bertz CT molecular complexity index is 310. The molecular weight excluding hydrogens is 259 g/mol. The molecule has 0 heterocycles. The van der Waals surface area contributed by atoms with Crippen LogP contribution >= 0.6 is 0 Å². The summed E-state index contributed by atoms with van der Waals surface area (Å²) in [5.74, 6) is -1.80. The van der Waals surface area contributed by atoms with E-state index in [1.807, 2.05) is 0 Å². The summed E-state index contributed by atoms with van der Waals surface area (Å²) in [6, 6.07) is 0. The Morgan fingerprint density at radius 3 is 2.32 bits per heavy atom. The topological polar surface area (TPSA) is 40.5 Å². The number of rotatable bonds is 5. The highest BCUT2D eigenvalue weighted by atomic mass is 19.4. The molecule has 1 N–H and O–H groups in total. The van der Waals surface area contributed by atoms with Gasteiger partial charge in [0.25, 0.3) is 0 Å². The predicted molar refractivity (Wildman–Crippen MR) is 65.4 cm³/mol. The van der Waals surface area contributed by atoms with Crippen LogP contribution in [0, 0.1) is 11.8 Å². The van der Waals surface area contributed by atoms with Crippen LogP contribution < -0.4 is 0 Å². The van der Waals surface area contributed by atoms with Gasteiger partial charge in [-0.3, -0.25) is 4.79 Å². The number of carbonyl (C=O) groups is 1. The molecule has 0 bridgehead atoms. The van der Waals surface area contributed by atoms with Crippen molar-refractivity contribution in [3.8, 4) is 0 Å². The molecule has 1 amide bonds. The summed E-state index contributed by atoms with van der Waals surface area (Å²) in [6.07, 6.45) is -2.04. The zero-order chi connectivity index (χ0) is 14.5. The first-order valence-corrected chi connectivity index (χ1v) is 6.47. The lowest BCUT2D eigenvalue weighted by atomic mass is 9.81. The first-order chi connectivity index (χ1) is 8.90. The monoisotopic (exact) mass is 279 g/mol. The van der Waals surface area contributed by atoms with Crippen LogP contribution in [-0.2, 0) is 4.79 Å². The molecule has 110 valence electrons. The second-order valence-electron chi connectivity index (χ2n) is 4.89. The zero-order valence-electron chi connectivity index (χ0n) is 10.8. The first-order valence-electron chi connectivity index (χ1n) is 6.47. The van der Waals surface area contributed by atoms with Gasteiger partial charge in [0, 0.05) is 19.0 Å². The highest BCUT2D eigenvalue weighted by Gasteiger charge is 2.42. The largest absolute Gasteiger partial charge is 0.395 e. The average molecular weight is 279 g/mol. The second-order valence-corrected chi connectivity index (χ2v) is 4.89. The van der Waals surface area contributed by atoms with E-state index in [2.05, 4.69) is 6.58 Å². The maximum Gasteiger partial charge on any atom is 0.391 e. The Morgan fingerprint density at radius 2 is 1.89 bits per heavy atom. The lowest BCUT2D eigenvalue weighted by Gasteiger charge is -2.32. The molecule has 1 aliphatic rings. The number of aliphatic hydroxyl groups excluding tert-OH is 1. The molecule has 0 aromatic heterocycles. The third-order valence-electron chi connectivity index (χ3n) is 3.57. The van der Waals surface area contributed by atoms with Gasteiger partial charge in [-0.1, -0.05) is 6.08 Å². The van der Waals surface area contributed by atoms with Crippen LogP contribution in [0.15, 0.2) is 12.7 Å². The number of amides is 1. The summed E-state index contributed by atoms with van der Waals surface area (Å²) in [5.41, 5.74) is 0. The molecule has 19 heavy (non-hydrogen) atoms. The zero-order valence-corrected chi connectivity index (χ0v) is 10.8. The Balaban J connectivity index is 2.53. The minimum atomic E-state index is -4.15. The van der Waals surface area contributed by atoms with Crippen molar-refractivity contribution >= 4 is 5.91 Å². The van der Waals surface area contributed by atoms with Crippen LogP contribution in [0.2, 0.25) is 0 Å². The van der Waals surface area contributed by atoms with E-state index in [4.69, 9.17) is 5.11 Å². The molecule has 0 saturated heterocycles. The van der Waals surface area contributed by atoms with E-state index in [1.54, 1.807) is 6.08 Å². The lowest BCUT2D eigenvalue weighted by Crippen LogP contribution is -2.40. The molecule has 0 aromatic carbocycles. The molecule has 0 atom stereocenters. The molecule has 3 nitrogen and oxygen atoms in total. The molecule has 1 aliphatic carbocycles. The second kappa shape index (κ2) is 6.93. The van der Waals surface area contributed by atoms with Gasteiger partial charge >= 0.3 is 6.18 Å². The predicted octanol–water partition coefficient (Wildman–Crippen LogP) is 2.36. The van der Waals surface area contributed by atoms with Gasteiger partial charge in [-0.25, -0.2) is 0 Å². The molecule has 0 aliphatic heterocycles. The van der Waals surface area contributed by atoms with Gasteiger partial charge in [0.2, 0.25) is 5.91 Å². The fourth-order valence-corrected chi connectivity index (χ4v) is 2.49. The van der Waals surface area contributed by atoms with Crippen LogP contribution in [0.5, 0.6) is 0 Å². The van der Waals surface area contributed by atoms with E-state index in [0.717, 1.165) is 0 Å². The summed E-state index contributed by atoms with van der Waals surface area (Å²) in [4.78, 5) is 13.6. The smallest absolute Gasteiger partial charge is 0.391 e. The quantitative estimate of drug-likeness (QED) is 0.785. The summed E-state index contributed by atoms with van der Waals surface area (Å²) in [6.45, 7) is 3.89. The van der Waals surface area contributed by atoms with Gasteiger partial charge < -0.3 is 10.0 Å². The molecule has 1 fully saturated rings. The van der Waals surface area contributed by atoms with Crippen molar-refractivity contribution in [3.63, 3.8) is 0 Å². The number of nitrogens with zero attached hydrogens (tertiary/aromatic N) is 1. The average Bonchev–Trinajstić information content (AvgIpc) is 2.37. The maximum absolute atomic E-state index is 12.5. The molecular formula is C13H20F3NO2. The van der Waals surface area contributed by atoms with Gasteiger partial charge in [-0.05, 0) is 25.7 Å². The third kappa shape index (κ3) is 4.53. The van der Waals surface area contributed by atoms with Gasteiger partial charge in [0.15, 0.2) is 0 Å². The molecule has 0 unspecified atom stereocenters. The molecule has 0 radical (unpaired) electrons. The van der Waals surface area contributed by atoms with E-state index in [-0.39, 0.29) is 50.7 Å². The minimum absolute atomic E-state index is 0.0148. The fourth-order valence-electron chi connectivity index (χ4n) is 2.49. The molecule has 0 aromatic rings. The van der Waals surface area contributed by atoms with Crippen LogP contribution in [0.1, 0.15) is 25.7 Å².